The van der Waals surface area contributed by atoms with E-state index in [9.17, 15) is 9.59 Å². The Morgan fingerprint density at radius 1 is 0.952 bits per heavy atom. The van der Waals surface area contributed by atoms with Crippen LogP contribution in [-0.4, -0.2) is 18.0 Å². The summed E-state index contributed by atoms with van der Waals surface area (Å²) in [5.41, 5.74) is 1.01. The van der Waals surface area contributed by atoms with Crippen LogP contribution in [0.3, 0.4) is 0 Å². The highest BCUT2D eigenvalue weighted by Crippen LogP contribution is 2.20. The van der Waals surface area contributed by atoms with Crippen molar-refractivity contribution in [3.05, 3.63) is 65.7 Å². The van der Waals surface area contributed by atoms with E-state index in [0.29, 0.717) is 16.9 Å². The third kappa shape index (κ3) is 4.33. The minimum Gasteiger partial charge on any atom is -0.449 e. The van der Waals surface area contributed by atoms with Gasteiger partial charge in [0.15, 0.2) is 6.07 Å². The number of benzene rings is 2. The lowest BCUT2D eigenvalue weighted by atomic mass is 10.1. The average molecular weight is 305 g/mol. The van der Waals surface area contributed by atoms with E-state index in [1.807, 2.05) is 6.07 Å². The molecule has 0 bridgehead atoms. The Morgan fingerprint density at radius 3 is 2.33 bits per heavy atom. The SMILES string of the molecule is O=C(Cc1ccccc1OC(=O)c1ccccc1)OCCl. The van der Waals surface area contributed by atoms with Crippen molar-refractivity contribution in [2.45, 2.75) is 6.42 Å². The molecule has 0 radical (unpaired) electrons. The quantitative estimate of drug-likeness (QED) is 0.483. The van der Waals surface area contributed by atoms with Crippen LogP contribution >= 0.6 is 11.6 Å². The molecule has 2 aromatic carbocycles. The maximum Gasteiger partial charge on any atom is 0.343 e. The maximum absolute atomic E-state index is 12.0. The summed E-state index contributed by atoms with van der Waals surface area (Å²) in [7, 11) is 0. The first-order valence-electron chi connectivity index (χ1n) is 6.27. The van der Waals surface area contributed by atoms with Gasteiger partial charge in [-0.15, -0.1) is 0 Å². The van der Waals surface area contributed by atoms with Crippen molar-refractivity contribution in [1.29, 1.82) is 0 Å². The number of carbonyl (C=O) groups is 2. The molecular weight excluding hydrogens is 292 g/mol. The van der Waals surface area contributed by atoms with E-state index in [2.05, 4.69) is 4.74 Å². The van der Waals surface area contributed by atoms with Crippen molar-refractivity contribution >= 4 is 23.5 Å². The number of para-hydroxylation sites is 1. The summed E-state index contributed by atoms with van der Waals surface area (Å²) < 4.78 is 10.0. The number of ether oxygens (including phenoxy) is 2. The van der Waals surface area contributed by atoms with Crippen molar-refractivity contribution in [2.75, 3.05) is 6.07 Å². The Bertz CT molecular complexity index is 625. The van der Waals surface area contributed by atoms with Gasteiger partial charge < -0.3 is 9.47 Å². The second kappa shape index (κ2) is 7.45. The van der Waals surface area contributed by atoms with Gasteiger partial charge in [0.05, 0.1) is 12.0 Å². The number of hydrogen-bond acceptors (Lipinski definition) is 4. The number of halogens is 1. The lowest BCUT2D eigenvalue weighted by molar-refractivity contribution is -0.140. The number of hydrogen-bond donors (Lipinski definition) is 0. The topological polar surface area (TPSA) is 52.6 Å². The fourth-order valence-corrected chi connectivity index (χ4v) is 1.87. The molecule has 0 spiro atoms. The third-order valence-electron chi connectivity index (χ3n) is 2.74. The second-order valence-electron chi connectivity index (χ2n) is 4.17. The molecule has 5 heteroatoms. The van der Waals surface area contributed by atoms with Crippen molar-refractivity contribution in [3.63, 3.8) is 0 Å². The molecular formula is C16H13ClO4. The zero-order valence-corrected chi connectivity index (χ0v) is 11.9. The van der Waals surface area contributed by atoms with Gasteiger partial charge in [-0.05, 0) is 18.2 Å². The van der Waals surface area contributed by atoms with Gasteiger partial charge in [0.2, 0.25) is 0 Å². The zero-order valence-electron chi connectivity index (χ0n) is 11.1. The van der Waals surface area contributed by atoms with E-state index in [4.69, 9.17) is 16.3 Å². The van der Waals surface area contributed by atoms with Gasteiger partial charge in [0.1, 0.15) is 5.75 Å². The molecule has 0 aliphatic carbocycles. The Balaban J connectivity index is 2.13. The lowest BCUT2D eigenvalue weighted by Crippen LogP contribution is -2.12. The highest BCUT2D eigenvalue weighted by atomic mass is 35.5. The molecule has 0 heterocycles. The van der Waals surface area contributed by atoms with Crippen molar-refractivity contribution < 1.29 is 19.1 Å². The fraction of sp³-hybridized carbons (Fsp3) is 0.125. The molecule has 21 heavy (non-hydrogen) atoms. The Morgan fingerprint density at radius 2 is 1.62 bits per heavy atom. The van der Waals surface area contributed by atoms with E-state index >= 15 is 0 Å². The normalized spacial score (nSPS) is 9.95. The van der Waals surface area contributed by atoms with Crippen molar-refractivity contribution in [1.82, 2.24) is 0 Å². The fourth-order valence-electron chi connectivity index (χ4n) is 1.75. The minimum absolute atomic E-state index is 0.00897. The molecule has 0 unspecified atom stereocenters. The standard InChI is InChI=1S/C16H13ClO4/c17-11-20-15(18)10-13-8-4-5-9-14(13)21-16(19)12-6-2-1-3-7-12/h1-9H,10-11H2. The van der Waals surface area contributed by atoms with E-state index in [0.717, 1.165) is 0 Å². The summed E-state index contributed by atoms with van der Waals surface area (Å²) in [6, 6.07) is 15.2. The molecule has 2 aromatic rings. The van der Waals surface area contributed by atoms with Crippen LogP contribution < -0.4 is 4.74 Å². The van der Waals surface area contributed by atoms with E-state index < -0.39 is 11.9 Å². The predicted octanol–water partition coefficient (Wildman–Crippen LogP) is 3.19. The molecule has 0 fully saturated rings. The number of alkyl halides is 1. The monoisotopic (exact) mass is 304 g/mol. The van der Waals surface area contributed by atoms with Crippen LogP contribution in [0.2, 0.25) is 0 Å². The number of carbonyl (C=O) groups excluding carboxylic acids is 2. The molecule has 4 nitrogen and oxygen atoms in total. The average Bonchev–Trinajstić information content (AvgIpc) is 2.50. The van der Waals surface area contributed by atoms with Gasteiger partial charge in [-0.1, -0.05) is 48.0 Å². The van der Waals surface area contributed by atoms with E-state index in [1.165, 1.54) is 0 Å². The molecule has 0 atom stereocenters. The predicted molar refractivity (Wildman–Crippen MR) is 78.4 cm³/mol. The molecule has 0 aromatic heterocycles. The van der Waals surface area contributed by atoms with Crippen LogP contribution in [0.5, 0.6) is 5.75 Å². The van der Waals surface area contributed by atoms with E-state index in [-0.39, 0.29) is 12.5 Å². The Kier molecular flexibility index (Phi) is 5.35. The lowest BCUT2D eigenvalue weighted by Gasteiger charge is -2.09. The summed E-state index contributed by atoms with van der Waals surface area (Å²) in [6.07, 6.45) is -0.00897. The zero-order chi connectivity index (χ0) is 15.1. The smallest absolute Gasteiger partial charge is 0.343 e. The largest absolute Gasteiger partial charge is 0.449 e. The summed E-state index contributed by atoms with van der Waals surface area (Å²) in [5.74, 6) is -0.625. The van der Waals surface area contributed by atoms with Crippen LogP contribution in [0.15, 0.2) is 54.6 Å². The maximum atomic E-state index is 12.0. The molecule has 2 rings (SSSR count). The molecule has 108 valence electrons. The summed E-state index contributed by atoms with van der Waals surface area (Å²) >= 11 is 5.34. The molecule has 0 aliphatic heterocycles. The van der Waals surface area contributed by atoms with Crippen LogP contribution in [0, 0.1) is 0 Å². The third-order valence-corrected chi connectivity index (χ3v) is 2.84. The van der Waals surface area contributed by atoms with Crippen LogP contribution in [-0.2, 0) is 16.0 Å². The second-order valence-corrected chi connectivity index (χ2v) is 4.38. The first-order chi connectivity index (χ1) is 10.2. The number of rotatable bonds is 5. The van der Waals surface area contributed by atoms with Gasteiger partial charge >= 0.3 is 11.9 Å². The molecule has 0 aliphatic rings. The van der Waals surface area contributed by atoms with Crippen LogP contribution in [0.1, 0.15) is 15.9 Å². The molecule has 0 amide bonds. The summed E-state index contributed by atoms with van der Waals surface area (Å²) in [4.78, 5) is 23.5. The van der Waals surface area contributed by atoms with Gasteiger partial charge in [-0.3, -0.25) is 4.79 Å². The van der Waals surface area contributed by atoms with Crippen molar-refractivity contribution in [3.8, 4) is 5.75 Å². The summed E-state index contributed by atoms with van der Waals surface area (Å²) in [6.45, 7) is 0. The number of esters is 2. The minimum atomic E-state index is -0.479. The highest BCUT2D eigenvalue weighted by molar-refractivity contribution is 6.17. The summed E-state index contributed by atoms with van der Waals surface area (Å²) in [5, 5.41) is 0. The molecule has 0 saturated heterocycles. The van der Waals surface area contributed by atoms with Crippen LogP contribution in [0.4, 0.5) is 0 Å². The molecule has 0 N–H and O–H groups in total. The highest BCUT2D eigenvalue weighted by Gasteiger charge is 2.13. The van der Waals surface area contributed by atoms with E-state index in [1.54, 1.807) is 48.5 Å². The van der Waals surface area contributed by atoms with Gasteiger partial charge in [0, 0.05) is 5.56 Å². The van der Waals surface area contributed by atoms with Crippen LogP contribution in [0.25, 0.3) is 0 Å². The Hall–Kier alpha value is -2.33. The first-order valence-corrected chi connectivity index (χ1v) is 6.81. The molecule has 0 saturated carbocycles. The van der Waals surface area contributed by atoms with Gasteiger partial charge in [-0.25, -0.2) is 4.79 Å². The van der Waals surface area contributed by atoms with Crippen molar-refractivity contribution in [2.24, 2.45) is 0 Å². The first kappa shape index (κ1) is 15.1. The van der Waals surface area contributed by atoms with Gasteiger partial charge in [0.25, 0.3) is 0 Å². The Labute approximate surface area is 127 Å². The van der Waals surface area contributed by atoms with Gasteiger partial charge in [-0.2, -0.15) is 0 Å².